The van der Waals surface area contributed by atoms with Crippen molar-refractivity contribution in [1.82, 2.24) is 25.3 Å². The molecule has 0 aliphatic carbocycles. The van der Waals surface area contributed by atoms with Crippen LogP contribution in [-0.2, 0) is 0 Å². The molecule has 1 saturated heterocycles. The van der Waals surface area contributed by atoms with E-state index in [1.165, 1.54) is 18.5 Å². The second-order valence-electron chi connectivity index (χ2n) is 6.40. The van der Waals surface area contributed by atoms with Crippen molar-refractivity contribution in [2.75, 3.05) is 31.6 Å². The summed E-state index contributed by atoms with van der Waals surface area (Å²) in [7, 11) is 2.03. The van der Waals surface area contributed by atoms with Gasteiger partial charge in [-0.05, 0) is 38.4 Å². The molecule has 0 amide bonds. The number of piperidine rings is 1. The standard InChI is InChI=1S/C18H22N6/c1-19-7-13-3-2-6-24(11-13)16-4-5-22-18-17(16)15(10-23-18)14-8-20-12-21-9-14/h4-5,8-10,12-13,19H,2-3,6-7,11H2,1H3,(H,22,23). The van der Waals surface area contributed by atoms with Crippen LogP contribution in [0.2, 0.25) is 0 Å². The van der Waals surface area contributed by atoms with Crippen LogP contribution in [0, 0.1) is 5.92 Å². The van der Waals surface area contributed by atoms with Gasteiger partial charge in [0, 0.05) is 60.1 Å². The van der Waals surface area contributed by atoms with E-state index in [0.717, 1.165) is 41.8 Å². The first kappa shape index (κ1) is 15.1. The van der Waals surface area contributed by atoms with Gasteiger partial charge in [-0.25, -0.2) is 15.0 Å². The molecule has 6 heteroatoms. The number of rotatable bonds is 4. The summed E-state index contributed by atoms with van der Waals surface area (Å²) >= 11 is 0. The Labute approximate surface area is 141 Å². The van der Waals surface area contributed by atoms with E-state index in [2.05, 4.69) is 36.2 Å². The molecule has 1 unspecified atom stereocenters. The van der Waals surface area contributed by atoms with Crippen molar-refractivity contribution < 1.29 is 0 Å². The Balaban J connectivity index is 1.77. The lowest BCUT2D eigenvalue weighted by Gasteiger charge is -2.35. The number of aromatic amines is 1. The summed E-state index contributed by atoms with van der Waals surface area (Å²) in [5, 5.41) is 4.48. The molecule has 3 aromatic rings. The molecular formula is C18H22N6. The quantitative estimate of drug-likeness (QED) is 0.772. The zero-order chi connectivity index (χ0) is 16.4. The van der Waals surface area contributed by atoms with Crippen molar-refractivity contribution in [2.45, 2.75) is 12.8 Å². The average molecular weight is 322 g/mol. The first-order chi connectivity index (χ1) is 11.9. The molecule has 2 N–H and O–H groups in total. The molecule has 1 aliphatic rings. The fraction of sp³-hybridized carbons (Fsp3) is 0.389. The van der Waals surface area contributed by atoms with Gasteiger partial charge in [0.05, 0.1) is 0 Å². The zero-order valence-electron chi connectivity index (χ0n) is 13.9. The predicted molar refractivity (Wildman–Crippen MR) is 96.0 cm³/mol. The number of nitrogens with zero attached hydrogens (tertiary/aromatic N) is 4. The van der Waals surface area contributed by atoms with Gasteiger partial charge in [-0.1, -0.05) is 0 Å². The molecule has 1 fully saturated rings. The van der Waals surface area contributed by atoms with Crippen molar-refractivity contribution in [3.05, 3.63) is 37.2 Å². The number of nitrogens with one attached hydrogen (secondary N) is 2. The maximum absolute atomic E-state index is 4.50. The zero-order valence-corrected chi connectivity index (χ0v) is 13.9. The first-order valence-corrected chi connectivity index (χ1v) is 8.48. The minimum absolute atomic E-state index is 0.689. The SMILES string of the molecule is CNCC1CCCN(c2ccnc3[nH]cc(-c4cncnc4)c23)C1. The van der Waals surface area contributed by atoms with Crippen molar-refractivity contribution in [3.63, 3.8) is 0 Å². The molecular weight excluding hydrogens is 300 g/mol. The molecule has 0 radical (unpaired) electrons. The lowest BCUT2D eigenvalue weighted by molar-refractivity contribution is 0.403. The van der Waals surface area contributed by atoms with Gasteiger partial charge in [0.15, 0.2) is 0 Å². The van der Waals surface area contributed by atoms with E-state index in [0.29, 0.717) is 5.92 Å². The van der Waals surface area contributed by atoms with E-state index in [1.807, 2.05) is 31.8 Å². The molecule has 3 aromatic heterocycles. The molecule has 24 heavy (non-hydrogen) atoms. The van der Waals surface area contributed by atoms with Crippen LogP contribution in [0.15, 0.2) is 37.2 Å². The number of hydrogen-bond acceptors (Lipinski definition) is 5. The average Bonchev–Trinajstić information content (AvgIpc) is 3.07. The molecule has 1 aliphatic heterocycles. The summed E-state index contributed by atoms with van der Waals surface area (Å²) in [5.41, 5.74) is 4.30. The van der Waals surface area contributed by atoms with Crippen LogP contribution in [0.4, 0.5) is 5.69 Å². The van der Waals surface area contributed by atoms with Crippen molar-refractivity contribution in [2.24, 2.45) is 5.92 Å². The third kappa shape index (κ3) is 2.73. The van der Waals surface area contributed by atoms with Crippen LogP contribution in [0.25, 0.3) is 22.2 Å². The summed E-state index contributed by atoms with van der Waals surface area (Å²) in [6.07, 6.45) is 11.7. The highest BCUT2D eigenvalue weighted by atomic mass is 15.1. The number of anilines is 1. The molecule has 0 spiro atoms. The molecule has 4 rings (SSSR count). The molecule has 4 heterocycles. The second kappa shape index (κ2) is 6.57. The lowest BCUT2D eigenvalue weighted by Crippen LogP contribution is -2.39. The molecule has 124 valence electrons. The number of aromatic nitrogens is 4. The van der Waals surface area contributed by atoms with E-state index < -0.39 is 0 Å². The van der Waals surface area contributed by atoms with Crippen LogP contribution in [-0.4, -0.2) is 46.6 Å². The van der Waals surface area contributed by atoms with E-state index in [9.17, 15) is 0 Å². The van der Waals surface area contributed by atoms with Gasteiger partial charge in [0.25, 0.3) is 0 Å². The van der Waals surface area contributed by atoms with Crippen LogP contribution in [0.5, 0.6) is 0 Å². The Morgan fingerprint density at radius 3 is 3.04 bits per heavy atom. The van der Waals surface area contributed by atoms with E-state index in [1.54, 1.807) is 6.33 Å². The Hall–Kier alpha value is -2.47. The minimum Gasteiger partial charge on any atom is -0.371 e. The fourth-order valence-electron chi connectivity index (χ4n) is 3.71. The monoisotopic (exact) mass is 322 g/mol. The van der Waals surface area contributed by atoms with Gasteiger partial charge >= 0.3 is 0 Å². The molecule has 0 bridgehead atoms. The topological polar surface area (TPSA) is 69.7 Å². The third-order valence-electron chi connectivity index (χ3n) is 4.78. The number of H-pyrrole nitrogens is 1. The highest BCUT2D eigenvalue weighted by Gasteiger charge is 2.22. The highest BCUT2D eigenvalue weighted by Crippen LogP contribution is 2.35. The number of hydrogen-bond donors (Lipinski definition) is 2. The normalized spacial score (nSPS) is 18.2. The van der Waals surface area contributed by atoms with Crippen LogP contribution in [0.1, 0.15) is 12.8 Å². The predicted octanol–water partition coefficient (Wildman–Crippen LogP) is 2.46. The summed E-state index contributed by atoms with van der Waals surface area (Å²) in [6, 6.07) is 2.13. The van der Waals surface area contributed by atoms with Crippen LogP contribution in [0.3, 0.4) is 0 Å². The Bertz CT molecular complexity index is 811. The van der Waals surface area contributed by atoms with E-state index >= 15 is 0 Å². The summed E-state index contributed by atoms with van der Waals surface area (Å²) in [4.78, 5) is 18.6. The maximum atomic E-state index is 4.50. The summed E-state index contributed by atoms with van der Waals surface area (Å²) < 4.78 is 0. The minimum atomic E-state index is 0.689. The molecule has 0 aromatic carbocycles. The van der Waals surface area contributed by atoms with Gasteiger partial charge in [0.2, 0.25) is 0 Å². The maximum Gasteiger partial charge on any atom is 0.139 e. The Morgan fingerprint density at radius 1 is 1.33 bits per heavy atom. The second-order valence-corrected chi connectivity index (χ2v) is 6.40. The van der Waals surface area contributed by atoms with Gasteiger partial charge in [-0.2, -0.15) is 0 Å². The van der Waals surface area contributed by atoms with Gasteiger partial charge < -0.3 is 15.2 Å². The largest absolute Gasteiger partial charge is 0.371 e. The van der Waals surface area contributed by atoms with Crippen LogP contribution >= 0.6 is 0 Å². The Kier molecular flexibility index (Phi) is 4.13. The number of fused-ring (bicyclic) bond motifs is 1. The van der Waals surface area contributed by atoms with Crippen molar-refractivity contribution in [3.8, 4) is 11.1 Å². The van der Waals surface area contributed by atoms with E-state index in [4.69, 9.17) is 0 Å². The van der Waals surface area contributed by atoms with Gasteiger partial charge in [-0.15, -0.1) is 0 Å². The molecule has 6 nitrogen and oxygen atoms in total. The highest BCUT2D eigenvalue weighted by molar-refractivity contribution is 6.02. The molecule has 0 saturated carbocycles. The molecule has 1 atom stereocenters. The summed E-state index contributed by atoms with van der Waals surface area (Å²) in [6.45, 7) is 3.24. The van der Waals surface area contributed by atoms with Crippen molar-refractivity contribution >= 4 is 16.7 Å². The number of pyridine rings is 1. The van der Waals surface area contributed by atoms with E-state index in [-0.39, 0.29) is 0 Å². The fourth-order valence-corrected chi connectivity index (χ4v) is 3.71. The lowest BCUT2D eigenvalue weighted by atomic mass is 9.97. The van der Waals surface area contributed by atoms with Gasteiger partial charge in [0.1, 0.15) is 12.0 Å². The first-order valence-electron chi connectivity index (χ1n) is 8.48. The van der Waals surface area contributed by atoms with Gasteiger partial charge in [-0.3, -0.25) is 0 Å². The summed E-state index contributed by atoms with van der Waals surface area (Å²) in [5.74, 6) is 0.689. The third-order valence-corrected chi connectivity index (χ3v) is 4.78. The van der Waals surface area contributed by atoms with Crippen LogP contribution < -0.4 is 10.2 Å². The Morgan fingerprint density at radius 2 is 2.21 bits per heavy atom. The van der Waals surface area contributed by atoms with Crippen molar-refractivity contribution in [1.29, 1.82) is 0 Å². The smallest absolute Gasteiger partial charge is 0.139 e.